The number of nitrogens with zero attached hydrogens (tertiary/aromatic N) is 1. The lowest BCUT2D eigenvalue weighted by Gasteiger charge is -2.32. The molecule has 14 heavy (non-hydrogen) atoms. The topological polar surface area (TPSA) is 15.3 Å². The number of nitrogens with one attached hydrogen (secondary N) is 1. The van der Waals surface area contributed by atoms with Crippen molar-refractivity contribution in [3.63, 3.8) is 0 Å². The molecule has 1 rings (SSSR count). The summed E-state index contributed by atoms with van der Waals surface area (Å²) in [4.78, 5) is 2.58. The zero-order valence-corrected chi connectivity index (χ0v) is 10.6. The first-order valence-electron chi connectivity index (χ1n) is 5.48. The van der Waals surface area contributed by atoms with Crippen LogP contribution in [0.2, 0.25) is 0 Å². The molecule has 1 fully saturated rings. The number of likely N-dealkylation sites (tertiary alicyclic amines) is 1. The molecule has 3 heteroatoms. The van der Waals surface area contributed by atoms with E-state index in [1.807, 2.05) is 0 Å². The largest absolute Gasteiger partial charge is 0.311 e. The second-order valence-corrected chi connectivity index (χ2v) is 5.22. The maximum atomic E-state index is 3.81. The minimum absolute atomic E-state index is 0.655. The molecule has 1 aliphatic rings. The molecule has 0 aromatic carbocycles. The predicted octanol–water partition coefficient (Wildman–Crippen LogP) is 2.36. The van der Waals surface area contributed by atoms with Gasteiger partial charge in [-0.1, -0.05) is 28.9 Å². The van der Waals surface area contributed by atoms with Gasteiger partial charge in [-0.3, -0.25) is 4.90 Å². The van der Waals surface area contributed by atoms with E-state index in [1.54, 1.807) is 0 Å². The lowest BCUT2D eigenvalue weighted by molar-refractivity contribution is 0.172. The van der Waals surface area contributed by atoms with Gasteiger partial charge in [0.15, 0.2) is 0 Å². The van der Waals surface area contributed by atoms with Crippen molar-refractivity contribution in [2.45, 2.75) is 32.2 Å². The molecule has 1 heterocycles. The molecular weight excluding hydrogens is 240 g/mol. The van der Waals surface area contributed by atoms with Gasteiger partial charge in [0.2, 0.25) is 0 Å². The Bertz CT molecular complexity index is 176. The maximum absolute atomic E-state index is 3.81. The first-order valence-corrected chi connectivity index (χ1v) is 6.27. The van der Waals surface area contributed by atoms with E-state index in [0.29, 0.717) is 6.04 Å². The van der Waals surface area contributed by atoms with Crippen molar-refractivity contribution < 1.29 is 0 Å². The van der Waals surface area contributed by atoms with Crippen LogP contribution in [0, 0.1) is 0 Å². The second-order valence-electron chi connectivity index (χ2n) is 4.09. The first-order chi connectivity index (χ1) is 6.70. The molecular formula is C11H21BrN2. The van der Waals surface area contributed by atoms with Gasteiger partial charge in [-0.2, -0.15) is 0 Å². The van der Waals surface area contributed by atoms with E-state index in [-0.39, 0.29) is 0 Å². The van der Waals surface area contributed by atoms with Crippen LogP contribution in [-0.2, 0) is 0 Å². The summed E-state index contributed by atoms with van der Waals surface area (Å²) >= 11 is 3.35. The average molecular weight is 261 g/mol. The smallest absolute Gasteiger partial charge is 0.0266 e. The fraction of sp³-hybridized carbons (Fsp3) is 0.818. The third-order valence-corrected chi connectivity index (χ3v) is 3.05. The summed E-state index contributed by atoms with van der Waals surface area (Å²) in [5, 5.41) is 3.39. The van der Waals surface area contributed by atoms with Crippen LogP contribution in [0.15, 0.2) is 11.1 Å². The highest BCUT2D eigenvalue weighted by atomic mass is 79.9. The van der Waals surface area contributed by atoms with E-state index in [1.165, 1.54) is 32.4 Å². The molecule has 0 saturated carbocycles. The summed E-state index contributed by atoms with van der Waals surface area (Å²) in [7, 11) is 0. The lowest BCUT2D eigenvalue weighted by Crippen LogP contribution is -2.43. The Hall–Kier alpha value is 0.140. The van der Waals surface area contributed by atoms with Gasteiger partial charge in [-0.25, -0.2) is 0 Å². The van der Waals surface area contributed by atoms with Gasteiger partial charge in [0.05, 0.1) is 0 Å². The van der Waals surface area contributed by atoms with Crippen LogP contribution >= 0.6 is 15.9 Å². The van der Waals surface area contributed by atoms with Crippen molar-refractivity contribution in [2.24, 2.45) is 0 Å². The van der Waals surface area contributed by atoms with E-state index in [0.717, 1.165) is 17.6 Å². The molecule has 1 aliphatic heterocycles. The first kappa shape index (κ1) is 12.2. The van der Waals surface area contributed by atoms with Crippen LogP contribution in [0.3, 0.4) is 0 Å². The monoisotopic (exact) mass is 260 g/mol. The van der Waals surface area contributed by atoms with Crippen molar-refractivity contribution in [2.75, 3.05) is 26.2 Å². The Morgan fingerprint density at radius 2 is 2.07 bits per heavy atom. The Labute approximate surface area is 95.9 Å². The van der Waals surface area contributed by atoms with Crippen molar-refractivity contribution in [3.05, 3.63) is 11.1 Å². The summed E-state index contributed by atoms with van der Waals surface area (Å²) < 4.78 is 1.03. The van der Waals surface area contributed by atoms with Crippen LogP contribution in [0.4, 0.5) is 0 Å². The Balaban J connectivity index is 2.13. The van der Waals surface area contributed by atoms with Crippen LogP contribution < -0.4 is 5.32 Å². The van der Waals surface area contributed by atoms with Gasteiger partial charge in [0, 0.05) is 23.6 Å². The van der Waals surface area contributed by atoms with Gasteiger partial charge in [-0.05, 0) is 32.9 Å². The molecule has 0 bridgehead atoms. The van der Waals surface area contributed by atoms with E-state index in [4.69, 9.17) is 0 Å². The third-order valence-electron chi connectivity index (χ3n) is 2.77. The standard InChI is InChI=1S/C11H21BrN2/c1-10(12)8-13-9-11(2)14-6-4-3-5-7-14/h11,13H,1,3-9H2,2H3. The highest BCUT2D eigenvalue weighted by Gasteiger charge is 2.15. The van der Waals surface area contributed by atoms with Gasteiger partial charge in [0.25, 0.3) is 0 Å². The third kappa shape index (κ3) is 4.58. The molecule has 1 atom stereocenters. The summed E-state index contributed by atoms with van der Waals surface area (Å²) in [5.41, 5.74) is 0. The molecule has 1 N–H and O–H groups in total. The minimum Gasteiger partial charge on any atom is -0.311 e. The van der Waals surface area contributed by atoms with Crippen molar-refractivity contribution in [3.8, 4) is 0 Å². The molecule has 1 saturated heterocycles. The zero-order chi connectivity index (χ0) is 10.4. The lowest BCUT2D eigenvalue weighted by atomic mass is 10.1. The molecule has 0 radical (unpaired) electrons. The van der Waals surface area contributed by atoms with Crippen molar-refractivity contribution in [1.82, 2.24) is 10.2 Å². The van der Waals surface area contributed by atoms with Gasteiger partial charge in [0.1, 0.15) is 0 Å². The number of hydrogen-bond donors (Lipinski definition) is 1. The van der Waals surface area contributed by atoms with E-state index < -0.39 is 0 Å². The molecule has 1 unspecified atom stereocenters. The van der Waals surface area contributed by atoms with Crippen LogP contribution in [0.1, 0.15) is 26.2 Å². The van der Waals surface area contributed by atoms with Crippen LogP contribution in [0.5, 0.6) is 0 Å². The molecule has 0 spiro atoms. The summed E-state index contributed by atoms with van der Waals surface area (Å²) in [6.45, 7) is 10.6. The van der Waals surface area contributed by atoms with Gasteiger partial charge >= 0.3 is 0 Å². The second kappa shape index (κ2) is 6.59. The summed E-state index contributed by atoms with van der Waals surface area (Å²) in [5.74, 6) is 0. The fourth-order valence-electron chi connectivity index (χ4n) is 1.90. The quantitative estimate of drug-likeness (QED) is 0.817. The van der Waals surface area contributed by atoms with E-state index in [9.17, 15) is 0 Å². The average Bonchev–Trinajstić information content (AvgIpc) is 2.18. The number of rotatable bonds is 5. The number of halogens is 1. The van der Waals surface area contributed by atoms with Gasteiger partial charge < -0.3 is 5.32 Å². The minimum atomic E-state index is 0.655. The molecule has 2 nitrogen and oxygen atoms in total. The molecule has 0 aromatic rings. The highest BCUT2D eigenvalue weighted by molar-refractivity contribution is 9.11. The number of hydrogen-bond acceptors (Lipinski definition) is 2. The Morgan fingerprint density at radius 1 is 1.43 bits per heavy atom. The summed E-state index contributed by atoms with van der Waals surface area (Å²) in [6.07, 6.45) is 4.15. The Kier molecular flexibility index (Phi) is 5.75. The molecule has 0 amide bonds. The highest BCUT2D eigenvalue weighted by Crippen LogP contribution is 2.11. The Morgan fingerprint density at radius 3 is 2.64 bits per heavy atom. The predicted molar refractivity (Wildman–Crippen MR) is 65.8 cm³/mol. The van der Waals surface area contributed by atoms with E-state index >= 15 is 0 Å². The van der Waals surface area contributed by atoms with E-state index in [2.05, 4.69) is 39.6 Å². The van der Waals surface area contributed by atoms with Crippen LogP contribution in [-0.4, -0.2) is 37.1 Å². The maximum Gasteiger partial charge on any atom is 0.0266 e. The van der Waals surface area contributed by atoms with Crippen molar-refractivity contribution >= 4 is 15.9 Å². The van der Waals surface area contributed by atoms with Crippen LogP contribution in [0.25, 0.3) is 0 Å². The normalized spacial score (nSPS) is 20.7. The van der Waals surface area contributed by atoms with Crippen molar-refractivity contribution in [1.29, 1.82) is 0 Å². The SMILES string of the molecule is C=C(Br)CNCC(C)N1CCCCC1. The molecule has 0 aliphatic carbocycles. The number of piperidine rings is 1. The fourth-order valence-corrected chi connectivity index (χ4v) is 2.10. The molecule has 0 aromatic heterocycles. The summed E-state index contributed by atoms with van der Waals surface area (Å²) in [6, 6.07) is 0.655. The zero-order valence-electron chi connectivity index (χ0n) is 9.06. The van der Waals surface area contributed by atoms with Gasteiger partial charge in [-0.15, -0.1) is 0 Å². The molecule has 82 valence electrons.